The number of nitrogen functional groups attached to an aromatic ring is 1. The molecule has 0 spiro atoms. The van der Waals surface area contributed by atoms with Gasteiger partial charge in [-0.1, -0.05) is 23.7 Å². The third-order valence-corrected chi connectivity index (χ3v) is 6.33. The minimum atomic E-state index is -1.11. The number of aromatic nitrogens is 2. The van der Waals surface area contributed by atoms with E-state index >= 15 is 0 Å². The summed E-state index contributed by atoms with van der Waals surface area (Å²) >= 11 is 6.09. The van der Waals surface area contributed by atoms with E-state index in [0.29, 0.717) is 32.7 Å². The summed E-state index contributed by atoms with van der Waals surface area (Å²) in [7, 11) is 2.63. The number of hydrogen-bond donors (Lipinski definition) is 2. The summed E-state index contributed by atoms with van der Waals surface area (Å²) in [5.74, 6) is -2.84. The number of carboxylic acid groups (broad SMARTS) is 1. The maximum Gasteiger partial charge on any atom is 0.337 e. The lowest BCUT2D eigenvalue weighted by molar-refractivity contribution is -0.142. The van der Waals surface area contributed by atoms with E-state index in [4.69, 9.17) is 27.2 Å². The number of nitrogens with two attached hydrogens (primary N) is 1. The summed E-state index contributed by atoms with van der Waals surface area (Å²) in [6.45, 7) is 3.37. The molecular weight excluding hydrogens is 514 g/mol. The van der Waals surface area contributed by atoms with Crippen LogP contribution in [-0.2, 0) is 19.1 Å². The van der Waals surface area contributed by atoms with Gasteiger partial charge in [0.05, 0.1) is 47.5 Å². The number of hydrogen-bond acceptors (Lipinski definition) is 8. The Morgan fingerprint density at radius 1 is 0.974 bits per heavy atom. The third kappa shape index (κ3) is 5.76. The van der Waals surface area contributed by atoms with Crippen LogP contribution in [0.4, 0.5) is 5.69 Å². The van der Waals surface area contributed by atoms with Crippen LogP contribution in [0.2, 0.25) is 5.02 Å². The molecule has 38 heavy (non-hydrogen) atoms. The second-order valence-corrected chi connectivity index (χ2v) is 8.79. The first kappa shape index (κ1) is 28.1. The predicted octanol–water partition coefficient (Wildman–Crippen LogP) is 4.02. The Morgan fingerprint density at radius 2 is 1.55 bits per heavy atom. The number of methoxy groups -OCH3 is 2. The van der Waals surface area contributed by atoms with E-state index in [-0.39, 0.29) is 22.8 Å². The number of aromatic carboxylic acids is 1. The number of benzene rings is 2. The quantitative estimate of drug-likeness (QED) is 0.218. The molecule has 2 unspecified atom stereocenters. The molecule has 0 aliphatic heterocycles. The smallest absolute Gasteiger partial charge is 0.337 e. The molecule has 0 amide bonds. The Labute approximate surface area is 222 Å². The fraction of sp³-hybridized carbons (Fsp3) is 0.222. The molecule has 0 aliphatic rings. The molecule has 2 aromatic carbocycles. The number of fused-ring (bicyclic) bond motifs is 2. The number of nitrogens with zero attached hydrogens (tertiary/aromatic N) is 2. The van der Waals surface area contributed by atoms with Crippen molar-refractivity contribution < 1.29 is 29.0 Å². The van der Waals surface area contributed by atoms with Gasteiger partial charge in [0.2, 0.25) is 0 Å². The standard InChI is InChI=1S/C16H13ClN2O3.C11H13NO4/c1-9(16(21)22-2)10-5-6-13-11(8-10)15(20)19-7-3-4-12(17)14(19)18-13;1-6(11(15)16-2)7-3-4-9(12)8(5-7)10(13)14/h3-9H,1-2H3;3-6H,12H2,1-2H3,(H,13,14). The van der Waals surface area contributed by atoms with E-state index in [1.54, 1.807) is 56.4 Å². The normalized spacial score (nSPS) is 12.2. The summed E-state index contributed by atoms with van der Waals surface area (Å²) in [6.07, 6.45) is 1.62. The minimum absolute atomic E-state index is 0.00625. The molecule has 0 saturated carbocycles. The third-order valence-electron chi connectivity index (χ3n) is 6.03. The summed E-state index contributed by atoms with van der Waals surface area (Å²) in [5.41, 5.74) is 7.68. The molecule has 0 saturated heterocycles. The number of ether oxygens (including phenoxy) is 2. The Balaban J connectivity index is 0.000000223. The van der Waals surface area contributed by atoms with Crippen molar-refractivity contribution in [3.8, 4) is 0 Å². The molecule has 3 N–H and O–H groups in total. The maximum atomic E-state index is 12.6. The number of esters is 2. The highest BCUT2D eigenvalue weighted by Gasteiger charge is 2.19. The van der Waals surface area contributed by atoms with Crippen molar-refractivity contribution in [2.75, 3.05) is 20.0 Å². The highest BCUT2D eigenvalue weighted by atomic mass is 35.5. The van der Waals surface area contributed by atoms with Gasteiger partial charge in [0.1, 0.15) is 0 Å². The van der Waals surface area contributed by atoms with E-state index in [1.807, 2.05) is 0 Å². The van der Waals surface area contributed by atoms with Crippen molar-refractivity contribution in [2.45, 2.75) is 25.7 Å². The van der Waals surface area contributed by atoms with Crippen molar-refractivity contribution in [1.82, 2.24) is 9.38 Å². The van der Waals surface area contributed by atoms with E-state index in [0.717, 1.165) is 0 Å². The minimum Gasteiger partial charge on any atom is -0.478 e. The number of anilines is 1. The molecule has 0 fully saturated rings. The van der Waals surface area contributed by atoms with Gasteiger partial charge in [-0.05, 0) is 61.4 Å². The zero-order chi connectivity index (χ0) is 28.1. The SMILES string of the molecule is COC(=O)C(C)c1ccc(N)c(C(=O)O)c1.COC(=O)C(C)c1ccc2nc3c(Cl)cccn3c(=O)c2c1. The number of pyridine rings is 1. The molecule has 11 heteroatoms. The van der Waals surface area contributed by atoms with Crippen LogP contribution in [-0.4, -0.2) is 46.6 Å². The lowest BCUT2D eigenvalue weighted by Gasteiger charge is -2.11. The number of carbonyl (C=O) groups excluding carboxylic acids is 2. The monoisotopic (exact) mass is 539 g/mol. The number of carbonyl (C=O) groups is 3. The van der Waals surface area contributed by atoms with Crippen LogP contribution in [0.5, 0.6) is 0 Å². The van der Waals surface area contributed by atoms with E-state index in [2.05, 4.69) is 9.72 Å². The second-order valence-electron chi connectivity index (χ2n) is 8.38. The number of rotatable bonds is 5. The van der Waals surface area contributed by atoms with Gasteiger partial charge in [-0.3, -0.25) is 18.8 Å². The largest absolute Gasteiger partial charge is 0.478 e. The van der Waals surface area contributed by atoms with Crippen molar-refractivity contribution in [2.24, 2.45) is 0 Å². The highest BCUT2D eigenvalue weighted by Crippen LogP contribution is 2.23. The first-order chi connectivity index (χ1) is 18.0. The van der Waals surface area contributed by atoms with E-state index < -0.39 is 23.8 Å². The van der Waals surface area contributed by atoms with Gasteiger partial charge >= 0.3 is 17.9 Å². The molecule has 0 radical (unpaired) electrons. The van der Waals surface area contributed by atoms with Crippen LogP contribution in [0.25, 0.3) is 16.6 Å². The average Bonchev–Trinajstić information content (AvgIpc) is 2.92. The number of halogens is 1. The molecule has 0 bridgehead atoms. The Kier molecular flexibility index (Phi) is 8.69. The zero-order valence-electron chi connectivity index (χ0n) is 21.1. The summed E-state index contributed by atoms with van der Waals surface area (Å²) in [6, 6.07) is 13.0. The lowest BCUT2D eigenvalue weighted by Crippen LogP contribution is -2.16. The van der Waals surface area contributed by atoms with E-state index in [1.165, 1.54) is 30.8 Å². The Morgan fingerprint density at radius 3 is 2.13 bits per heavy atom. The number of carboxylic acids is 1. The fourth-order valence-corrected chi connectivity index (χ4v) is 3.94. The van der Waals surface area contributed by atoms with Crippen molar-refractivity contribution in [3.63, 3.8) is 0 Å². The summed E-state index contributed by atoms with van der Waals surface area (Å²) in [5, 5.41) is 9.72. The van der Waals surface area contributed by atoms with E-state index in [9.17, 15) is 19.2 Å². The Bertz CT molecular complexity index is 1600. The lowest BCUT2D eigenvalue weighted by atomic mass is 9.98. The molecule has 2 heterocycles. The first-order valence-corrected chi connectivity index (χ1v) is 11.8. The first-order valence-electron chi connectivity index (χ1n) is 11.4. The molecule has 0 aliphatic carbocycles. The summed E-state index contributed by atoms with van der Waals surface area (Å²) in [4.78, 5) is 50.8. The highest BCUT2D eigenvalue weighted by molar-refractivity contribution is 6.33. The van der Waals surface area contributed by atoms with Crippen molar-refractivity contribution in [3.05, 3.63) is 86.8 Å². The summed E-state index contributed by atoms with van der Waals surface area (Å²) < 4.78 is 10.7. The molecule has 2 atom stereocenters. The molecule has 2 aromatic heterocycles. The van der Waals surface area contributed by atoms with Gasteiger partial charge in [0.25, 0.3) is 5.56 Å². The molecular formula is C27H26ClN3O7. The van der Waals surface area contributed by atoms with Crippen molar-refractivity contribution in [1.29, 1.82) is 0 Å². The van der Waals surface area contributed by atoms with Gasteiger partial charge in [0.15, 0.2) is 5.65 Å². The molecule has 10 nitrogen and oxygen atoms in total. The molecule has 198 valence electrons. The van der Waals surface area contributed by atoms with Gasteiger partial charge in [-0.15, -0.1) is 0 Å². The van der Waals surface area contributed by atoms with Gasteiger partial charge < -0.3 is 20.3 Å². The van der Waals surface area contributed by atoms with Gasteiger partial charge in [0, 0.05) is 11.9 Å². The Hall–Kier alpha value is -4.44. The average molecular weight is 540 g/mol. The topological polar surface area (TPSA) is 150 Å². The van der Waals surface area contributed by atoms with Crippen molar-refractivity contribution >= 4 is 51.7 Å². The molecule has 4 aromatic rings. The van der Waals surface area contributed by atoms with Crippen LogP contribution < -0.4 is 11.3 Å². The maximum absolute atomic E-state index is 12.6. The van der Waals surface area contributed by atoms with Crippen LogP contribution in [0.3, 0.4) is 0 Å². The van der Waals surface area contributed by atoms with Crippen LogP contribution in [0.1, 0.15) is 47.2 Å². The second kappa shape index (κ2) is 11.7. The van der Waals surface area contributed by atoms with Crippen LogP contribution in [0.15, 0.2) is 59.5 Å². The molecule has 4 rings (SSSR count). The zero-order valence-corrected chi connectivity index (χ0v) is 21.9. The van der Waals surface area contributed by atoms with Crippen LogP contribution >= 0.6 is 11.6 Å². The fourth-order valence-electron chi connectivity index (χ4n) is 3.73. The van der Waals surface area contributed by atoms with Crippen LogP contribution in [0, 0.1) is 0 Å². The predicted molar refractivity (Wildman–Crippen MR) is 143 cm³/mol. The van der Waals surface area contributed by atoms with Gasteiger partial charge in [-0.2, -0.15) is 0 Å². The van der Waals surface area contributed by atoms with Gasteiger partial charge in [-0.25, -0.2) is 9.78 Å².